The number of fused-ring (bicyclic) bond motifs is 1. The topological polar surface area (TPSA) is 105 Å². The average Bonchev–Trinajstić information content (AvgIpc) is 3.73. The first-order valence-corrected chi connectivity index (χ1v) is 15.0. The van der Waals surface area contributed by atoms with Gasteiger partial charge in [0.1, 0.15) is 0 Å². The van der Waals surface area contributed by atoms with Gasteiger partial charge in [0.2, 0.25) is 11.9 Å². The van der Waals surface area contributed by atoms with Gasteiger partial charge in [0.05, 0.1) is 17.2 Å². The second-order valence-corrected chi connectivity index (χ2v) is 13.3. The number of hydrogen-bond acceptors (Lipinski definition) is 6. The Morgan fingerprint density at radius 3 is 2.74 bits per heavy atom. The van der Waals surface area contributed by atoms with Crippen LogP contribution in [0.2, 0.25) is 0 Å². The van der Waals surface area contributed by atoms with Crippen LogP contribution in [0.25, 0.3) is 22.4 Å². The molecule has 3 heterocycles. The molecular formula is C34H40N6O3. The summed E-state index contributed by atoms with van der Waals surface area (Å²) in [5.41, 5.74) is 4.53. The number of rotatable bonds is 8. The number of carbonyl (C=O) groups is 2. The van der Waals surface area contributed by atoms with E-state index in [9.17, 15) is 9.59 Å². The summed E-state index contributed by atoms with van der Waals surface area (Å²) in [4.78, 5) is 36.7. The van der Waals surface area contributed by atoms with Crippen molar-refractivity contribution < 1.29 is 14.0 Å². The highest BCUT2D eigenvalue weighted by Crippen LogP contribution is 2.55. The minimum Gasteiger partial charge on any atom is -0.444 e. The number of amides is 2. The monoisotopic (exact) mass is 580 g/mol. The van der Waals surface area contributed by atoms with E-state index >= 15 is 0 Å². The minimum absolute atomic E-state index is 0.00386. The van der Waals surface area contributed by atoms with Crippen LogP contribution in [-0.4, -0.2) is 50.4 Å². The van der Waals surface area contributed by atoms with Gasteiger partial charge in [-0.1, -0.05) is 45.5 Å². The number of aromatic nitrogens is 3. The molecule has 2 aliphatic rings. The molecule has 9 nitrogen and oxygen atoms in total. The number of carbonyl (C=O) groups excluding carboxylic acids is 2. The Bertz CT molecular complexity index is 1660. The number of nitrogens with one attached hydrogen (secondary N) is 2. The average molecular weight is 581 g/mol. The van der Waals surface area contributed by atoms with Crippen molar-refractivity contribution in [2.45, 2.75) is 65.6 Å². The van der Waals surface area contributed by atoms with Crippen LogP contribution in [0.15, 0.2) is 72.1 Å². The predicted molar refractivity (Wildman–Crippen MR) is 167 cm³/mol. The van der Waals surface area contributed by atoms with Crippen molar-refractivity contribution in [1.29, 1.82) is 0 Å². The third kappa shape index (κ3) is 5.73. The van der Waals surface area contributed by atoms with E-state index in [1.165, 1.54) is 12.5 Å². The van der Waals surface area contributed by atoms with E-state index in [2.05, 4.69) is 72.7 Å². The van der Waals surface area contributed by atoms with Gasteiger partial charge in [-0.05, 0) is 72.9 Å². The third-order valence-corrected chi connectivity index (χ3v) is 9.36. The Kier molecular flexibility index (Phi) is 7.46. The lowest BCUT2D eigenvalue weighted by atomic mass is 9.64. The summed E-state index contributed by atoms with van der Waals surface area (Å²) in [7, 11) is 0. The van der Waals surface area contributed by atoms with Crippen LogP contribution in [0.4, 0.5) is 5.95 Å². The van der Waals surface area contributed by atoms with Crippen LogP contribution in [-0.2, 0) is 11.3 Å². The highest BCUT2D eigenvalue weighted by molar-refractivity contribution is 6.04. The van der Waals surface area contributed by atoms with Gasteiger partial charge >= 0.3 is 0 Å². The van der Waals surface area contributed by atoms with Crippen LogP contribution in [0.1, 0.15) is 68.9 Å². The van der Waals surface area contributed by atoms with Crippen molar-refractivity contribution in [3.8, 4) is 11.3 Å². The molecule has 1 aliphatic heterocycles. The summed E-state index contributed by atoms with van der Waals surface area (Å²) in [6, 6.07) is 14.2. The summed E-state index contributed by atoms with van der Waals surface area (Å²) in [6.07, 6.45) is 7.24. The van der Waals surface area contributed by atoms with Gasteiger partial charge in [-0.2, -0.15) is 0 Å². The summed E-state index contributed by atoms with van der Waals surface area (Å²) in [6.45, 7) is 14.8. The van der Waals surface area contributed by atoms with Gasteiger partial charge in [0.15, 0.2) is 12.2 Å². The quantitative estimate of drug-likeness (QED) is 0.240. The molecule has 2 aromatic carbocycles. The lowest BCUT2D eigenvalue weighted by Crippen LogP contribution is -2.42. The zero-order valence-electron chi connectivity index (χ0n) is 25.4. The summed E-state index contributed by atoms with van der Waals surface area (Å²) >= 11 is 0. The number of hydrogen-bond donors (Lipinski definition) is 2. The fourth-order valence-electron chi connectivity index (χ4n) is 6.34. The number of anilines is 1. The fraction of sp³-hybridized carbons (Fsp3) is 0.412. The molecule has 1 atom stereocenters. The van der Waals surface area contributed by atoms with Gasteiger partial charge in [-0.15, -0.1) is 0 Å². The highest BCUT2D eigenvalue weighted by Gasteiger charge is 2.50. The van der Waals surface area contributed by atoms with Gasteiger partial charge in [-0.25, -0.2) is 9.97 Å². The van der Waals surface area contributed by atoms with Crippen molar-refractivity contribution in [3.63, 3.8) is 0 Å². The maximum atomic E-state index is 13.6. The van der Waals surface area contributed by atoms with Crippen molar-refractivity contribution in [3.05, 3.63) is 78.8 Å². The van der Waals surface area contributed by atoms with Gasteiger partial charge in [0, 0.05) is 42.8 Å². The maximum absolute atomic E-state index is 13.6. The van der Waals surface area contributed by atoms with E-state index in [1.807, 2.05) is 17.0 Å². The van der Waals surface area contributed by atoms with Crippen LogP contribution in [0, 0.1) is 10.8 Å². The van der Waals surface area contributed by atoms with E-state index in [4.69, 9.17) is 9.40 Å². The molecule has 6 rings (SSSR count). The molecule has 1 aliphatic carbocycles. The molecule has 1 spiro atoms. The Morgan fingerprint density at radius 1 is 1.21 bits per heavy atom. The number of likely N-dealkylation sites (tertiary alicyclic amines) is 1. The first-order valence-electron chi connectivity index (χ1n) is 15.0. The maximum Gasteiger partial charge on any atom is 0.257 e. The first-order chi connectivity index (χ1) is 20.5. The van der Waals surface area contributed by atoms with E-state index in [1.54, 1.807) is 18.3 Å². The number of benzene rings is 2. The molecule has 0 unspecified atom stereocenters. The number of oxazole rings is 1. The molecule has 0 radical (unpaired) electrons. The predicted octanol–water partition coefficient (Wildman–Crippen LogP) is 6.21. The number of imidazole rings is 1. The van der Waals surface area contributed by atoms with E-state index in [-0.39, 0.29) is 28.7 Å². The Balaban J connectivity index is 1.28. The second-order valence-electron chi connectivity index (χ2n) is 13.3. The Morgan fingerprint density at radius 2 is 2.02 bits per heavy atom. The van der Waals surface area contributed by atoms with Crippen molar-refractivity contribution in [2.24, 2.45) is 10.8 Å². The molecule has 1 saturated heterocycles. The zero-order valence-corrected chi connectivity index (χ0v) is 25.4. The van der Waals surface area contributed by atoms with Crippen LogP contribution in [0.3, 0.4) is 0 Å². The van der Waals surface area contributed by atoms with Crippen LogP contribution >= 0.6 is 0 Å². The smallest absolute Gasteiger partial charge is 0.257 e. The molecule has 9 heteroatoms. The molecule has 224 valence electrons. The van der Waals surface area contributed by atoms with Crippen molar-refractivity contribution >= 4 is 28.8 Å². The fourth-order valence-corrected chi connectivity index (χ4v) is 6.34. The summed E-state index contributed by atoms with van der Waals surface area (Å²) < 4.78 is 7.62. The molecule has 2 aromatic heterocycles. The summed E-state index contributed by atoms with van der Waals surface area (Å²) in [5.74, 6) is 0.895. The highest BCUT2D eigenvalue weighted by atomic mass is 16.3. The van der Waals surface area contributed by atoms with Gasteiger partial charge in [0.25, 0.3) is 5.91 Å². The van der Waals surface area contributed by atoms with Crippen LogP contribution < -0.4 is 10.6 Å². The molecule has 0 bridgehead atoms. The van der Waals surface area contributed by atoms with Gasteiger partial charge < -0.3 is 19.2 Å². The standard InChI is InChI=1S/C34H40N6O3/c1-6-30(41)39-13-12-34(20-39)16-26(17-34)40-28-11-10-23(18-36-22(2)33(3,4)5)14-27(28)37-32(40)38-31(42)25-9-7-8-24(15-25)29-19-35-21-43-29/h6-11,14-15,19,21-22,26,36H,1,12-13,16-18,20H2,2-5H3,(H,37,38,42)/t22-,26-,34-/m0/s1. The zero-order chi connectivity index (χ0) is 30.4. The molecule has 4 aromatic rings. The Labute approximate surface area is 252 Å². The van der Waals surface area contributed by atoms with Gasteiger partial charge in [-0.3, -0.25) is 14.9 Å². The minimum atomic E-state index is -0.239. The molecule has 43 heavy (non-hydrogen) atoms. The lowest BCUT2D eigenvalue weighted by molar-refractivity contribution is -0.125. The lowest BCUT2D eigenvalue weighted by Gasteiger charge is -2.46. The summed E-state index contributed by atoms with van der Waals surface area (Å²) in [5, 5.41) is 6.75. The van der Waals surface area contributed by atoms with Crippen molar-refractivity contribution in [2.75, 3.05) is 18.4 Å². The first kappa shape index (κ1) is 28.9. The molecule has 2 fully saturated rings. The second kappa shape index (κ2) is 11.1. The molecule has 1 saturated carbocycles. The molecule has 2 N–H and O–H groups in total. The normalized spacial score (nSPS) is 20.7. The van der Waals surface area contributed by atoms with E-state index in [0.717, 1.165) is 61.1 Å². The van der Waals surface area contributed by atoms with Crippen molar-refractivity contribution in [1.82, 2.24) is 24.8 Å². The third-order valence-electron chi connectivity index (χ3n) is 9.36. The van der Waals surface area contributed by atoms with E-state index in [0.29, 0.717) is 23.3 Å². The van der Waals surface area contributed by atoms with E-state index < -0.39 is 0 Å². The number of nitrogens with zero attached hydrogens (tertiary/aromatic N) is 4. The Hall–Kier alpha value is -4.24. The largest absolute Gasteiger partial charge is 0.444 e. The SMILES string of the molecule is C=CC(=O)N1CC[C@]2(C1)C[C@H](n1c(NC(=O)c3cccc(-c4cnco4)c3)nc3cc(CN[C@@H](C)C(C)(C)C)ccc31)C2. The molecule has 2 amide bonds. The van der Waals surface area contributed by atoms with Crippen LogP contribution in [0.5, 0.6) is 0 Å². The molecular weight excluding hydrogens is 540 g/mol.